The van der Waals surface area contributed by atoms with Crippen LogP contribution in [0.2, 0.25) is 0 Å². The quantitative estimate of drug-likeness (QED) is 0.809. The predicted molar refractivity (Wildman–Crippen MR) is 95.2 cm³/mol. The van der Waals surface area contributed by atoms with Gasteiger partial charge in [0.1, 0.15) is 0 Å². The van der Waals surface area contributed by atoms with Crippen LogP contribution >= 0.6 is 23.1 Å². The Morgan fingerprint density at radius 3 is 3.12 bits per heavy atom. The molecular weight excluding hydrogens is 352 g/mol. The summed E-state index contributed by atoms with van der Waals surface area (Å²) in [7, 11) is 2.03. The summed E-state index contributed by atoms with van der Waals surface area (Å²) in [4.78, 5) is 18.9. The number of anilines is 1. The number of rotatable bonds is 5. The number of thiazole rings is 1. The van der Waals surface area contributed by atoms with Crippen LogP contribution in [0, 0.1) is 5.92 Å². The third-order valence-electron chi connectivity index (χ3n) is 3.96. The molecule has 8 heteroatoms. The number of piperidine rings is 1. The van der Waals surface area contributed by atoms with Gasteiger partial charge in [-0.2, -0.15) is 0 Å². The van der Waals surface area contributed by atoms with Crippen molar-refractivity contribution >= 4 is 44.9 Å². The minimum absolute atomic E-state index is 0.0121. The van der Waals surface area contributed by atoms with E-state index >= 15 is 0 Å². The Balaban J connectivity index is 1.67. The second kappa shape index (κ2) is 7.76. The van der Waals surface area contributed by atoms with Gasteiger partial charge in [-0.25, -0.2) is 13.8 Å². The molecule has 1 aliphatic heterocycles. The number of halogens is 2. The number of nitrogens with one attached hydrogen (secondary N) is 1. The average Bonchev–Trinajstić information content (AvgIpc) is 2.95. The van der Waals surface area contributed by atoms with E-state index in [1.54, 1.807) is 0 Å². The highest BCUT2D eigenvalue weighted by Crippen LogP contribution is 2.32. The summed E-state index contributed by atoms with van der Waals surface area (Å²) in [5.41, 5.74) is 1.50. The molecule has 130 valence electrons. The lowest BCUT2D eigenvalue weighted by Gasteiger charge is -2.28. The molecule has 2 aromatic rings. The topological polar surface area (TPSA) is 45.2 Å². The molecule has 0 saturated carbocycles. The highest BCUT2D eigenvalue weighted by Gasteiger charge is 2.24. The normalized spacial score (nSPS) is 19.1. The van der Waals surface area contributed by atoms with E-state index in [1.807, 2.05) is 25.2 Å². The van der Waals surface area contributed by atoms with Crippen LogP contribution in [0.4, 0.5) is 14.5 Å². The summed E-state index contributed by atoms with van der Waals surface area (Å²) < 4.78 is 26.1. The Morgan fingerprint density at radius 1 is 1.54 bits per heavy atom. The maximum absolute atomic E-state index is 12.4. The lowest BCUT2D eigenvalue weighted by molar-refractivity contribution is -0.121. The molecule has 1 N–H and O–H groups in total. The van der Waals surface area contributed by atoms with E-state index in [1.165, 1.54) is 11.3 Å². The number of thioether (sulfide) groups is 1. The summed E-state index contributed by atoms with van der Waals surface area (Å²) in [6.07, 6.45) is -0.397. The van der Waals surface area contributed by atoms with Gasteiger partial charge in [0.2, 0.25) is 12.3 Å². The van der Waals surface area contributed by atoms with E-state index in [2.05, 4.69) is 15.2 Å². The molecule has 0 aliphatic carbocycles. The summed E-state index contributed by atoms with van der Waals surface area (Å²) in [6.45, 7) is 1.82. The zero-order valence-corrected chi connectivity index (χ0v) is 14.9. The SMILES string of the molecule is CN1CCCC(C(=O)Nc2ccc3nc(SCC(F)F)sc3c2)C1. The van der Waals surface area contributed by atoms with Gasteiger partial charge >= 0.3 is 0 Å². The van der Waals surface area contributed by atoms with Gasteiger partial charge in [0.05, 0.1) is 21.9 Å². The van der Waals surface area contributed by atoms with E-state index in [4.69, 9.17) is 0 Å². The predicted octanol–water partition coefficient (Wildman–Crippen LogP) is 3.93. The van der Waals surface area contributed by atoms with Crippen LogP contribution in [0.5, 0.6) is 0 Å². The molecule has 1 saturated heterocycles. The lowest BCUT2D eigenvalue weighted by Crippen LogP contribution is -2.38. The molecule has 0 radical (unpaired) electrons. The van der Waals surface area contributed by atoms with Crippen molar-refractivity contribution < 1.29 is 13.6 Å². The average molecular weight is 371 g/mol. The van der Waals surface area contributed by atoms with Crippen molar-refractivity contribution in [1.29, 1.82) is 0 Å². The number of hydrogen-bond donors (Lipinski definition) is 1. The first-order valence-corrected chi connectivity index (χ1v) is 9.62. The number of hydrogen-bond acceptors (Lipinski definition) is 5. The number of amides is 1. The molecule has 1 amide bonds. The number of benzene rings is 1. The number of aromatic nitrogens is 1. The van der Waals surface area contributed by atoms with Crippen LogP contribution in [0.1, 0.15) is 12.8 Å². The minimum Gasteiger partial charge on any atom is -0.326 e. The van der Waals surface area contributed by atoms with Crippen molar-refractivity contribution in [1.82, 2.24) is 9.88 Å². The van der Waals surface area contributed by atoms with E-state index in [0.717, 1.165) is 53.6 Å². The third kappa shape index (κ3) is 4.43. The number of nitrogens with zero attached hydrogens (tertiary/aromatic N) is 2. The van der Waals surface area contributed by atoms with Gasteiger partial charge in [0.25, 0.3) is 0 Å². The molecule has 1 aromatic carbocycles. The van der Waals surface area contributed by atoms with Crippen molar-refractivity contribution in [3.05, 3.63) is 18.2 Å². The van der Waals surface area contributed by atoms with Crippen LogP contribution in [-0.4, -0.2) is 48.1 Å². The molecule has 0 spiro atoms. The van der Waals surface area contributed by atoms with Crippen molar-refractivity contribution in [2.45, 2.75) is 23.6 Å². The lowest BCUT2D eigenvalue weighted by atomic mass is 9.97. The summed E-state index contributed by atoms with van der Waals surface area (Å²) in [6, 6.07) is 5.50. The highest BCUT2D eigenvalue weighted by molar-refractivity contribution is 8.01. The van der Waals surface area contributed by atoms with Gasteiger partial charge in [-0.3, -0.25) is 4.79 Å². The molecule has 1 aromatic heterocycles. The van der Waals surface area contributed by atoms with E-state index < -0.39 is 6.43 Å². The number of alkyl halides is 2. The number of carbonyl (C=O) groups is 1. The van der Waals surface area contributed by atoms with Crippen molar-refractivity contribution in [3.63, 3.8) is 0 Å². The highest BCUT2D eigenvalue weighted by atomic mass is 32.2. The van der Waals surface area contributed by atoms with Gasteiger partial charge in [0.15, 0.2) is 4.34 Å². The fourth-order valence-electron chi connectivity index (χ4n) is 2.80. The zero-order valence-electron chi connectivity index (χ0n) is 13.3. The van der Waals surface area contributed by atoms with Crippen LogP contribution in [0.3, 0.4) is 0 Å². The Morgan fingerprint density at radius 2 is 2.38 bits per heavy atom. The molecule has 2 heterocycles. The number of carbonyl (C=O) groups excluding carboxylic acids is 1. The van der Waals surface area contributed by atoms with Crippen molar-refractivity contribution in [2.24, 2.45) is 5.92 Å². The summed E-state index contributed by atoms with van der Waals surface area (Å²) in [5.74, 6) is -0.200. The Labute approximate surface area is 147 Å². The van der Waals surface area contributed by atoms with E-state index in [0.29, 0.717) is 4.34 Å². The van der Waals surface area contributed by atoms with Gasteiger partial charge in [-0.15, -0.1) is 11.3 Å². The summed E-state index contributed by atoms with van der Waals surface area (Å²) in [5, 5.41) is 2.97. The van der Waals surface area contributed by atoms with Crippen molar-refractivity contribution in [3.8, 4) is 0 Å². The van der Waals surface area contributed by atoms with Crippen molar-refractivity contribution in [2.75, 3.05) is 31.2 Å². The standard InChI is InChI=1S/C16H19F2N3OS2/c1-21-6-2-3-10(8-21)15(22)19-11-4-5-12-13(7-11)24-16(20-12)23-9-14(17)18/h4-5,7,10,14H,2-3,6,8-9H2,1H3,(H,19,22). The molecule has 0 bridgehead atoms. The first-order chi connectivity index (χ1) is 11.5. The van der Waals surface area contributed by atoms with Crippen LogP contribution in [0.15, 0.2) is 22.5 Å². The van der Waals surface area contributed by atoms with E-state index in [-0.39, 0.29) is 17.6 Å². The molecule has 1 unspecified atom stereocenters. The minimum atomic E-state index is -2.34. The third-order valence-corrected chi connectivity index (χ3v) is 6.14. The smallest absolute Gasteiger partial charge is 0.248 e. The van der Waals surface area contributed by atoms with Crippen LogP contribution in [-0.2, 0) is 4.79 Å². The number of fused-ring (bicyclic) bond motifs is 1. The van der Waals surface area contributed by atoms with E-state index in [9.17, 15) is 13.6 Å². The monoisotopic (exact) mass is 371 g/mol. The fourth-order valence-corrected chi connectivity index (χ4v) is 4.68. The maximum Gasteiger partial charge on any atom is 0.248 e. The number of likely N-dealkylation sites (tertiary alicyclic amines) is 1. The second-order valence-electron chi connectivity index (χ2n) is 5.96. The zero-order chi connectivity index (χ0) is 17.1. The first kappa shape index (κ1) is 17.6. The van der Waals surface area contributed by atoms with Gasteiger partial charge < -0.3 is 10.2 Å². The molecule has 4 nitrogen and oxygen atoms in total. The molecule has 1 aliphatic rings. The second-order valence-corrected chi connectivity index (χ2v) is 8.25. The Bertz CT molecular complexity index is 722. The van der Waals surface area contributed by atoms with Crippen LogP contribution in [0.25, 0.3) is 10.2 Å². The van der Waals surface area contributed by atoms with Gasteiger partial charge in [-0.05, 0) is 44.6 Å². The molecule has 1 atom stereocenters. The van der Waals surface area contributed by atoms with Gasteiger partial charge in [0, 0.05) is 12.2 Å². The molecular formula is C16H19F2N3OS2. The first-order valence-electron chi connectivity index (χ1n) is 7.82. The summed E-state index contributed by atoms with van der Waals surface area (Å²) >= 11 is 2.44. The Kier molecular flexibility index (Phi) is 5.68. The Hall–Kier alpha value is -1.25. The van der Waals surface area contributed by atoms with Gasteiger partial charge in [-0.1, -0.05) is 11.8 Å². The maximum atomic E-state index is 12.4. The molecule has 24 heavy (non-hydrogen) atoms. The molecule has 3 rings (SSSR count). The van der Waals surface area contributed by atoms with Crippen LogP contribution < -0.4 is 5.32 Å². The molecule has 1 fully saturated rings. The fraction of sp³-hybridized carbons (Fsp3) is 0.500. The largest absolute Gasteiger partial charge is 0.326 e.